The van der Waals surface area contributed by atoms with E-state index in [1.54, 1.807) is 18.3 Å². The van der Waals surface area contributed by atoms with E-state index in [-0.39, 0.29) is 20.1 Å². The van der Waals surface area contributed by atoms with Crippen LogP contribution in [0.1, 0.15) is 13.9 Å². The van der Waals surface area contributed by atoms with E-state index >= 15 is 0 Å². The number of aromatic nitrogens is 1. The molecule has 3 heteroatoms. The van der Waals surface area contributed by atoms with E-state index < -0.39 is 6.37 Å². The van der Waals surface area contributed by atoms with Crippen molar-refractivity contribution in [2.75, 3.05) is 0 Å². The molecule has 0 unspecified atom stereocenters. The molecule has 0 radical (unpaired) electrons. The van der Waals surface area contributed by atoms with Crippen LogP contribution in [-0.4, -0.2) is 4.98 Å². The zero-order chi connectivity index (χ0) is 31.3. The fourth-order valence-electron chi connectivity index (χ4n) is 5.21. The fraction of sp³-hybridized carbons (Fsp3) is 0.0238. The molecule has 0 atom stereocenters. The first-order valence-electron chi connectivity index (χ1n) is 15.5. The summed E-state index contributed by atoms with van der Waals surface area (Å²) in [4.78, 5) is 4.35. The number of nitrogens with zero attached hydrogens (tertiary/aromatic N) is 1. The molecule has 0 amide bonds. The molecular formula is C42H28IrNO. The summed E-state index contributed by atoms with van der Waals surface area (Å²) in [5.41, 5.74) is 8.71. The molecule has 0 spiro atoms. The monoisotopic (exact) mass is 757 g/mol. The van der Waals surface area contributed by atoms with E-state index in [0.29, 0.717) is 11.1 Å². The van der Waals surface area contributed by atoms with Crippen molar-refractivity contribution in [2.24, 2.45) is 0 Å². The van der Waals surface area contributed by atoms with Gasteiger partial charge in [-0.1, -0.05) is 96.4 Å². The van der Waals surface area contributed by atoms with Crippen LogP contribution in [0.25, 0.3) is 55.4 Å². The number of furan rings is 1. The Morgan fingerprint density at radius 1 is 0.578 bits per heavy atom. The summed E-state index contributed by atoms with van der Waals surface area (Å²) in [5, 5.41) is 2.08. The quantitative estimate of drug-likeness (QED) is 0.164. The van der Waals surface area contributed by atoms with Crippen LogP contribution in [0.4, 0.5) is 0 Å². The summed E-state index contributed by atoms with van der Waals surface area (Å²) in [6.07, 6.45) is 0.200. The summed E-state index contributed by atoms with van der Waals surface area (Å²) in [6.45, 7) is 0. The minimum absolute atomic E-state index is 0. The first kappa shape index (κ1) is 27.5. The minimum atomic E-state index is -1.60. The van der Waals surface area contributed by atoms with Crippen LogP contribution in [-0.2, 0) is 26.5 Å². The predicted octanol–water partition coefficient (Wildman–Crippen LogP) is 10.7. The maximum atomic E-state index is 8.64. The van der Waals surface area contributed by atoms with Crippen molar-refractivity contribution < 1.29 is 27.3 Å². The van der Waals surface area contributed by atoms with Crippen molar-refractivity contribution in [1.82, 2.24) is 4.98 Å². The van der Waals surface area contributed by atoms with Gasteiger partial charge in [0.15, 0.2) is 0 Å². The van der Waals surface area contributed by atoms with Crippen LogP contribution in [0.15, 0.2) is 162 Å². The Balaban J connectivity index is 0.000000176. The molecule has 216 valence electrons. The number of rotatable bonds is 5. The average molecular weight is 757 g/mol. The summed E-state index contributed by atoms with van der Waals surface area (Å²) < 4.78 is 23.4. The zero-order valence-electron chi connectivity index (χ0n) is 26.2. The summed E-state index contributed by atoms with van der Waals surface area (Å²) >= 11 is 0. The number of pyridine rings is 1. The van der Waals surface area contributed by atoms with Gasteiger partial charge in [-0.2, -0.15) is 35.9 Å². The van der Waals surface area contributed by atoms with Crippen LogP contribution in [0.5, 0.6) is 0 Å². The standard InChI is InChI=1S/C25H16O.C17H12N.Ir/c1-2-8-18(9-3-1)16-19-10-6-11-20(17-19)21-13-7-14-23-22-12-4-5-15-24(22)26-25(21)23;1-2-7-14(8-3-1)15-9-6-10-16(13-15)17-11-4-5-12-18-17;/h1-10,12,14-15,17H,16H2;1-9,11-13H;/q-2;-1;+3/i16D2;;. The van der Waals surface area contributed by atoms with E-state index in [1.807, 2.05) is 115 Å². The van der Waals surface area contributed by atoms with Gasteiger partial charge >= 0.3 is 20.1 Å². The summed E-state index contributed by atoms with van der Waals surface area (Å²) in [5.74, 6) is 0. The predicted molar refractivity (Wildman–Crippen MR) is 180 cm³/mol. The van der Waals surface area contributed by atoms with Gasteiger partial charge in [-0.25, -0.2) is 5.56 Å². The molecule has 0 aliphatic heterocycles. The van der Waals surface area contributed by atoms with Gasteiger partial charge in [-0.15, -0.1) is 53.1 Å². The van der Waals surface area contributed by atoms with E-state index in [1.165, 1.54) is 11.1 Å². The van der Waals surface area contributed by atoms with Gasteiger partial charge in [0.05, 0.1) is 0 Å². The average Bonchev–Trinajstić information content (AvgIpc) is 3.52. The second kappa shape index (κ2) is 14.1. The van der Waals surface area contributed by atoms with Gasteiger partial charge in [0, 0.05) is 19.9 Å². The van der Waals surface area contributed by atoms with Crippen molar-refractivity contribution in [2.45, 2.75) is 6.37 Å². The third kappa shape index (κ3) is 6.86. The molecule has 2 aromatic heterocycles. The Bertz CT molecular complexity index is 2180. The molecule has 2 heterocycles. The Labute approximate surface area is 280 Å². The van der Waals surface area contributed by atoms with Crippen molar-refractivity contribution in [3.05, 3.63) is 187 Å². The van der Waals surface area contributed by atoms with Crippen molar-refractivity contribution in [3.8, 4) is 33.5 Å². The molecule has 6 aromatic carbocycles. The molecule has 0 N–H and O–H groups in total. The number of fused-ring (bicyclic) bond motifs is 3. The smallest absolute Gasteiger partial charge is 0.510 e. The van der Waals surface area contributed by atoms with Crippen molar-refractivity contribution in [1.29, 1.82) is 0 Å². The largest absolute Gasteiger partial charge is 3.00 e. The van der Waals surface area contributed by atoms with Gasteiger partial charge in [0.1, 0.15) is 5.58 Å². The molecule has 2 nitrogen and oxygen atoms in total. The normalized spacial score (nSPS) is 11.6. The minimum Gasteiger partial charge on any atom is -0.510 e. The molecule has 0 saturated carbocycles. The Morgan fingerprint density at radius 2 is 1.29 bits per heavy atom. The number of hydrogen-bond donors (Lipinski definition) is 0. The van der Waals surface area contributed by atoms with Crippen LogP contribution in [0.3, 0.4) is 0 Å². The second-order valence-electron chi connectivity index (χ2n) is 10.2. The van der Waals surface area contributed by atoms with Gasteiger partial charge in [-0.05, 0) is 35.3 Å². The molecular weight excluding hydrogens is 727 g/mol. The molecule has 8 aromatic rings. The van der Waals surface area contributed by atoms with E-state index in [9.17, 15) is 0 Å². The van der Waals surface area contributed by atoms with Crippen LogP contribution >= 0.6 is 0 Å². The van der Waals surface area contributed by atoms with Crippen LogP contribution in [0.2, 0.25) is 0 Å². The summed E-state index contributed by atoms with van der Waals surface area (Å²) in [6, 6.07) is 58.5. The van der Waals surface area contributed by atoms with Crippen LogP contribution in [0, 0.1) is 18.2 Å². The molecule has 0 aliphatic carbocycles. The third-order valence-electron chi connectivity index (χ3n) is 7.32. The first-order chi connectivity index (χ1) is 22.6. The molecule has 8 rings (SSSR count). The number of benzene rings is 6. The maximum absolute atomic E-state index is 8.64. The number of hydrogen-bond acceptors (Lipinski definition) is 2. The Kier molecular flexibility index (Phi) is 8.63. The van der Waals surface area contributed by atoms with Crippen molar-refractivity contribution >= 4 is 21.9 Å². The van der Waals surface area contributed by atoms with Crippen LogP contribution < -0.4 is 0 Å². The molecule has 0 aliphatic rings. The topological polar surface area (TPSA) is 26.0 Å². The molecule has 0 saturated heterocycles. The molecule has 45 heavy (non-hydrogen) atoms. The van der Waals surface area contributed by atoms with E-state index in [4.69, 9.17) is 7.16 Å². The first-order valence-corrected chi connectivity index (χ1v) is 14.5. The zero-order valence-corrected chi connectivity index (χ0v) is 26.6. The third-order valence-corrected chi connectivity index (χ3v) is 7.32. The van der Waals surface area contributed by atoms with Gasteiger partial charge in [0.25, 0.3) is 0 Å². The van der Waals surface area contributed by atoms with Gasteiger partial charge in [-0.3, -0.25) is 0 Å². The van der Waals surface area contributed by atoms with E-state index in [2.05, 4.69) is 47.4 Å². The molecule has 0 fully saturated rings. The second-order valence-corrected chi connectivity index (χ2v) is 10.2. The number of para-hydroxylation sites is 1. The Morgan fingerprint density at radius 3 is 2.11 bits per heavy atom. The maximum Gasteiger partial charge on any atom is 3.00 e. The van der Waals surface area contributed by atoms with Gasteiger partial charge < -0.3 is 9.40 Å². The van der Waals surface area contributed by atoms with Gasteiger partial charge in [0.2, 0.25) is 0 Å². The Hall–Kier alpha value is -5.08. The van der Waals surface area contributed by atoms with E-state index in [0.717, 1.165) is 44.3 Å². The van der Waals surface area contributed by atoms with Crippen molar-refractivity contribution in [3.63, 3.8) is 0 Å². The SMILES string of the molecule is [2H]C([2H])(c1ccccc1)c1cc[c-]c(-c2[c-]ccc3c2oc2ccccc23)c1.[Ir+3].[c-]1ccc(-c2ccccc2)cc1-c1ccccn1. The summed E-state index contributed by atoms with van der Waals surface area (Å²) in [7, 11) is 0. The fourth-order valence-corrected chi connectivity index (χ4v) is 5.21. The molecule has 0 bridgehead atoms.